The molecule has 0 amide bonds. The van der Waals surface area contributed by atoms with Crippen LogP contribution in [0.2, 0.25) is 58.9 Å². The molecule has 0 aromatic heterocycles. The maximum Gasteiger partial charge on any atom is 0.314 e. The molecular weight excluding hydrogens is 557 g/mol. The van der Waals surface area contributed by atoms with E-state index in [9.17, 15) is 9.59 Å². The second-order valence-electron chi connectivity index (χ2n) is 16.6. The summed E-state index contributed by atoms with van der Waals surface area (Å²) in [4.78, 5) is 28.3. The number of allylic oxidation sites excluding steroid dienone is 1. The summed E-state index contributed by atoms with van der Waals surface area (Å²) < 4.78 is 32.9. The Kier molecular flexibility index (Phi) is 7.17. The molecule has 3 unspecified atom stereocenters. The standard InChI is InChI=1S/C30H52O7Si3/c1-18-14-29-15-19(18)13-20(35-38(4,5)6)23(29)30-16-21(36-39(7,8)9)25(37-40(10,11)12)28(2,27(32)34-17-30)24(30)22(29)26(31)33-3/h19-25H,1,13-17H2,2-12H3/t19-,20+,21+,22-,23?,24?,25+,28?,29-,30-/m1/s1. The predicted molar refractivity (Wildman–Crippen MR) is 162 cm³/mol. The molecule has 1 aliphatic heterocycles. The summed E-state index contributed by atoms with van der Waals surface area (Å²) in [6.45, 7) is 26.7. The zero-order valence-electron chi connectivity index (χ0n) is 26.6. The molecule has 5 fully saturated rings. The van der Waals surface area contributed by atoms with Crippen molar-refractivity contribution in [1.82, 2.24) is 0 Å². The number of hydrogen-bond donors (Lipinski definition) is 0. The van der Waals surface area contributed by atoms with Gasteiger partial charge in [-0.1, -0.05) is 12.2 Å². The van der Waals surface area contributed by atoms with E-state index in [1.165, 1.54) is 12.7 Å². The molecule has 0 aromatic carbocycles. The molecule has 4 aliphatic carbocycles. The van der Waals surface area contributed by atoms with Gasteiger partial charge in [0.2, 0.25) is 0 Å². The lowest BCUT2D eigenvalue weighted by Crippen LogP contribution is -2.71. The smallest absolute Gasteiger partial charge is 0.314 e. The van der Waals surface area contributed by atoms with Crippen LogP contribution in [-0.4, -0.2) is 68.9 Å². The van der Waals surface area contributed by atoms with Crippen LogP contribution in [0.15, 0.2) is 12.2 Å². The quantitative estimate of drug-likeness (QED) is 0.200. The van der Waals surface area contributed by atoms with Gasteiger partial charge in [0.1, 0.15) is 0 Å². The van der Waals surface area contributed by atoms with Crippen molar-refractivity contribution in [2.24, 2.45) is 39.9 Å². The number of carbonyl (C=O) groups excluding carboxylic acids is 2. The highest BCUT2D eigenvalue weighted by atomic mass is 28.4. The molecule has 1 spiro atoms. The van der Waals surface area contributed by atoms with Crippen LogP contribution in [0.5, 0.6) is 0 Å². The minimum Gasteiger partial charge on any atom is -0.469 e. The van der Waals surface area contributed by atoms with E-state index < -0.39 is 47.8 Å². The fraction of sp³-hybridized carbons (Fsp3) is 0.867. The molecule has 7 nitrogen and oxygen atoms in total. The first-order valence-electron chi connectivity index (χ1n) is 15.1. The maximum absolute atomic E-state index is 14.2. The Morgan fingerprint density at radius 1 is 0.875 bits per heavy atom. The topological polar surface area (TPSA) is 80.3 Å². The van der Waals surface area contributed by atoms with Crippen molar-refractivity contribution in [2.75, 3.05) is 13.7 Å². The summed E-state index contributed by atoms with van der Waals surface area (Å²) in [5.74, 6) is -0.843. The molecule has 0 radical (unpaired) electrons. The Labute approximate surface area is 244 Å². The number of methoxy groups -OCH3 is 1. The van der Waals surface area contributed by atoms with Crippen LogP contribution in [0.1, 0.15) is 32.6 Å². The highest BCUT2D eigenvalue weighted by Crippen LogP contribution is 2.79. The van der Waals surface area contributed by atoms with Crippen molar-refractivity contribution >= 4 is 36.9 Å². The van der Waals surface area contributed by atoms with Crippen LogP contribution in [0.4, 0.5) is 0 Å². The molecule has 40 heavy (non-hydrogen) atoms. The Morgan fingerprint density at radius 2 is 1.45 bits per heavy atom. The van der Waals surface area contributed by atoms with Gasteiger partial charge in [0, 0.05) is 17.4 Å². The maximum atomic E-state index is 14.2. The largest absolute Gasteiger partial charge is 0.469 e. The van der Waals surface area contributed by atoms with Crippen molar-refractivity contribution in [3.8, 4) is 0 Å². The third-order valence-corrected chi connectivity index (χ3v) is 13.5. The van der Waals surface area contributed by atoms with E-state index in [2.05, 4.69) is 65.5 Å². The molecule has 5 aliphatic rings. The van der Waals surface area contributed by atoms with Crippen LogP contribution in [0.3, 0.4) is 0 Å². The molecule has 5 rings (SSSR count). The first-order chi connectivity index (χ1) is 18.2. The van der Waals surface area contributed by atoms with Crippen LogP contribution in [0, 0.1) is 39.9 Å². The van der Waals surface area contributed by atoms with Gasteiger partial charge in [0.05, 0.1) is 37.3 Å². The summed E-state index contributed by atoms with van der Waals surface area (Å²) >= 11 is 0. The summed E-state index contributed by atoms with van der Waals surface area (Å²) in [5, 5.41) is 0. The van der Waals surface area contributed by atoms with Crippen LogP contribution in [-0.2, 0) is 32.3 Å². The Bertz CT molecular complexity index is 1090. The molecule has 226 valence electrons. The lowest BCUT2D eigenvalue weighted by atomic mass is 9.49. The molecule has 0 N–H and O–H groups in total. The fourth-order valence-electron chi connectivity index (χ4n) is 10.0. The number of fused-ring (bicyclic) bond motifs is 1. The van der Waals surface area contributed by atoms with Gasteiger partial charge in [-0.25, -0.2) is 0 Å². The number of hydrogen-bond acceptors (Lipinski definition) is 7. The summed E-state index contributed by atoms with van der Waals surface area (Å²) in [5.41, 5.74) is -0.678. The van der Waals surface area contributed by atoms with Gasteiger partial charge in [-0.2, -0.15) is 0 Å². The minimum atomic E-state index is -2.13. The summed E-state index contributed by atoms with van der Waals surface area (Å²) in [6.07, 6.45) is 2.51. The predicted octanol–water partition coefficient (Wildman–Crippen LogP) is 5.99. The molecule has 4 bridgehead atoms. The van der Waals surface area contributed by atoms with Crippen molar-refractivity contribution in [1.29, 1.82) is 0 Å². The molecule has 10 atom stereocenters. The van der Waals surface area contributed by atoms with Gasteiger partial charge >= 0.3 is 11.9 Å². The molecule has 10 heteroatoms. The third kappa shape index (κ3) is 4.58. The average molecular weight is 609 g/mol. The Balaban J connectivity index is 1.78. The number of esters is 2. The van der Waals surface area contributed by atoms with Gasteiger partial charge in [-0.3, -0.25) is 9.59 Å². The van der Waals surface area contributed by atoms with E-state index in [-0.39, 0.29) is 41.4 Å². The lowest BCUT2D eigenvalue weighted by Gasteiger charge is -2.62. The Morgan fingerprint density at radius 3 is 2.00 bits per heavy atom. The van der Waals surface area contributed by atoms with Crippen LogP contribution in [0.25, 0.3) is 0 Å². The molecule has 4 saturated carbocycles. The van der Waals surface area contributed by atoms with E-state index in [1.807, 2.05) is 6.92 Å². The van der Waals surface area contributed by atoms with Crippen molar-refractivity contribution in [2.45, 2.75) is 110 Å². The lowest BCUT2D eigenvalue weighted by molar-refractivity contribution is -0.240. The molecule has 1 saturated heterocycles. The van der Waals surface area contributed by atoms with Gasteiger partial charge in [0.25, 0.3) is 0 Å². The average Bonchev–Trinajstić information content (AvgIpc) is 3.19. The van der Waals surface area contributed by atoms with Gasteiger partial charge in [-0.05, 0) is 109 Å². The fourth-order valence-corrected chi connectivity index (χ4v) is 13.4. The molecule has 1 heterocycles. The van der Waals surface area contributed by atoms with Crippen molar-refractivity contribution in [3.63, 3.8) is 0 Å². The van der Waals surface area contributed by atoms with Gasteiger partial charge in [0.15, 0.2) is 25.0 Å². The normalized spacial score (nSPS) is 44.6. The van der Waals surface area contributed by atoms with E-state index in [0.717, 1.165) is 19.3 Å². The zero-order valence-corrected chi connectivity index (χ0v) is 29.6. The van der Waals surface area contributed by atoms with Crippen LogP contribution < -0.4 is 0 Å². The SMILES string of the molecule is C=C1C[C@]23C[C@H]1C[C@H](O[Si](C)(C)C)C2[C@@]12COC(=O)C(C)(C1[C@@H]3C(=O)OC)[C@@H](O[Si](C)(C)C)[C@@H](O[Si](C)(C)C)C2. The van der Waals surface area contributed by atoms with E-state index in [1.54, 1.807) is 0 Å². The van der Waals surface area contributed by atoms with Crippen LogP contribution >= 0.6 is 0 Å². The van der Waals surface area contributed by atoms with Gasteiger partial charge < -0.3 is 22.8 Å². The van der Waals surface area contributed by atoms with E-state index in [0.29, 0.717) is 18.9 Å². The highest BCUT2D eigenvalue weighted by molar-refractivity contribution is 6.70. The molecule has 0 aromatic rings. The number of rotatable bonds is 7. The molecular formula is C30H52O7Si3. The third-order valence-electron chi connectivity index (χ3n) is 10.5. The minimum absolute atomic E-state index is 0.0233. The summed E-state index contributed by atoms with van der Waals surface area (Å²) in [7, 11) is -4.62. The number of carbonyl (C=O) groups is 2. The zero-order chi connectivity index (χ0) is 29.8. The Hall–Kier alpha value is -0.789. The second-order valence-corrected chi connectivity index (χ2v) is 30.0. The van der Waals surface area contributed by atoms with Crippen molar-refractivity contribution < 1.29 is 32.3 Å². The van der Waals surface area contributed by atoms with Crippen molar-refractivity contribution in [3.05, 3.63) is 12.2 Å². The van der Waals surface area contributed by atoms with Gasteiger partial charge in [-0.15, -0.1) is 0 Å². The number of cyclic esters (lactones) is 1. The first-order valence-corrected chi connectivity index (χ1v) is 25.4. The van der Waals surface area contributed by atoms with E-state index >= 15 is 0 Å². The first kappa shape index (κ1) is 30.7. The summed E-state index contributed by atoms with van der Waals surface area (Å²) in [6, 6.07) is 0. The second kappa shape index (κ2) is 9.35. The van der Waals surface area contributed by atoms with E-state index in [4.69, 9.17) is 22.8 Å². The highest BCUT2D eigenvalue weighted by Gasteiger charge is 2.83. The number of ether oxygens (including phenoxy) is 2. The monoisotopic (exact) mass is 608 g/mol.